The zero-order valence-electron chi connectivity index (χ0n) is 13.4. The molecule has 0 unspecified atom stereocenters. The van der Waals surface area contributed by atoms with E-state index in [9.17, 15) is 8.42 Å². The molecule has 0 atom stereocenters. The van der Waals surface area contributed by atoms with E-state index >= 15 is 0 Å². The van der Waals surface area contributed by atoms with Gasteiger partial charge in [0.15, 0.2) is 0 Å². The molecule has 0 amide bonds. The molecule has 0 N–H and O–H groups in total. The number of hydrogen-bond acceptors (Lipinski definition) is 5. The van der Waals surface area contributed by atoms with E-state index in [1.807, 2.05) is 24.3 Å². The van der Waals surface area contributed by atoms with Crippen molar-refractivity contribution in [1.82, 2.24) is 19.0 Å². The van der Waals surface area contributed by atoms with Gasteiger partial charge in [-0.25, -0.2) is 8.42 Å². The van der Waals surface area contributed by atoms with Crippen LogP contribution >= 0.6 is 0 Å². The minimum Gasteiger partial charge on any atom is -0.497 e. The first-order valence-corrected chi connectivity index (χ1v) is 9.00. The largest absolute Gasteiger partial charge is 0.497 e. The Morgan fingerprint density at radius 3 is 2.62 bits per heavy atom. The molecule has 7 nitrogen and oxygen atoms in total. The van der Waals surface area contributed by atoms with E-state index in [1.165, 1.54) is 6.20 Å². The minimum absolute atomic E-state index is 0.00539. The summed E-state index contributed by atoms with van der Waals surface area (Å²) in [4.78, 5) is 0. The van der Waals surface area contributed by atoms with Crippen LogP contribution in [0, 0.1) is 6.20 Å². The first kappa shape index (κ1) is 16.3. The van der Waals surface area contributed by atoms with E-state index in [-0.39, 0.29) is 5.75 Å². The van der Waals surface area contributed by atoms with E-state index in [0.29, 0.717) is 17.8 Å². The monoisotopic (exact) mass is 345 g/mol. The number of benzene rings is 1. The van der Waals surface area contributed by atoms with Crippen molar-refractivity contribution >= 4 is 10.0 Å². The molecule has 0 aliphatic carbocycles. The molecule has 0 spiro atoms. The van der Waals surface area contributed by atoms with Crippen LogP contribution in [0.15, 0.2) is 42.7 Å². The molecule has 24 heavy (non-hydrogen) atoms. The van der Waals surface area contributed by atoms with E-state index in [2.05, 4.69) is 16.4 Å². The highest BCUT2D eigenvalue weighted by Gasteiger charge is 2.13. The van der Waals surface area contributed by atoms with Crippen LogP contribution in [0.25, 0.3) is 11.3 Å². The number of nitrogens with zero attached hydrogens (tertiary/aromatic N) is 4. The van der Waals surface area contributed by atoms with Crippen LogP contribution in [0.1, 0.15) is 12.5 Å². The lowest BCUT2D eigenvalue weighted by molar-refractivity contribution is 0.414. The van der Waals surface area contributed by atoms with Crippen LogP contribution < -0.4 is 4.74 Å². The third-order valence-electron chi connectivity index (χ3n) is 3.57. The van der Waals surface area contributed by atoms with Crippen LogP contribution in [0.2, 0.25) is 0 Å². The summed E-state index contributed by atoms with van der Waals surface area (Å²) in [6.45, 7) is 2.16. The van der Waals surface area contributed by atoms with Crippen LogP contribution in [0.5, 0.6) is 5.75 Å². The molecule has 0 bridgehead atoms. The summed E-state index contributed by atoms with van der Waals surface area (Å²) in [7, 11) is -1.75. The lowest BCUT2D eigenvalue weighted by Gasteiger charge is -2.03. The third-order valence-corrected chi connectivity index (χ3v) is 5.08. The predicted octanol–water partition coefficient (Wildman–Crippen LogP) is 1.80. The fraction of sp³-hybridized carbons (Fsp3) is 0.250. The van der Waals surface area contributed by atoms with Crippen molar-refractivity contribution in [3.8, 4) is 17.0 Å². The van der Waals surface area contributed by atoms with Crippen molar-refractivity contribution in [3.63, 3.8) is 0 Å². The molecule has 0 fully saturated rings. The summed E-state index contributed by atoms with van der Waals surface area (Å²) in [5, 5.41) is 8.28. The molecular weight excluding hydrogens is 328 g/mol. The topological polar surface area (TPSA) is 79.0 Å². The fourth-order valence-corrected chi connectivity index (χ4v) is 2.91. The zero-order chi connectivity index (χ0) is 17.2. The van der Waals surface area contributed by atoms with Gasteiger partial charge < -0.3 is 4.74 Å². The van der Waals surface area contributed by atoms with Gasteiger partial charge in [0.05, 0.1) is 25.1 Å². The summed E-state index contributed by atoms with van der Waals surface area (Å²) < 4.78 is 31.4. The Balaban J connectivity index is 1.78. The van der Waals surface area contributed by atoms with E-state index in [1.54, 1.807) is 31.0 Å². The summed E-state index contributed by atoms with van der Waals surface area (Å²) in [5.74, 6) is 0.795. The van der Waals surface area contributed by atoms with E-state index in [0.717, 1.165) is 15.4 Å². The maximum Gasteiger partial charge on any atom is 0.253 e. The Bertz CT molecular complexity index is 926. The van der Waals surface area contributed by atoms with Crippen molar-refractivity contribution in [1.29, 1.82) is 0 Å². The highest BCUT2D eigenvalue weighted by molar-refractivity contribution is 7.89. The first-order chi connectivity index (χ1) is 11.5. The summed E-state index contributed by atoms with van der Waals surface area (Å²) >= 11 is 0. The van der Waals surface area contributed by atoms with Gasteiger partial charge in [0, 0.05) is 18.0 Å². The quantitative estimate of drug-likeness (QED) is 0.681. The highest BCUT2D eigenvalue weighted by atomic mass is 32.2. The van der Waals surface area contributed by atoms with Crippen molar-refractivity contribution in [2.75, 3.05) is 12.9 Å². The third kappa shape index (κ3) is 3.33. The SMILES string of the molecule is CCS(=O)(=O)n1ccc(-c2[c]nn(Cc3ccc(OC)cc3)c2)n1. The molecular formula is C16H17N4O3S. The second-order valence-electron chi connectivity index (χ2n) is 5.17. The Hall–Kier alpha value is -2.61. The van der Waals surface area contributed by atoms with E-state index < -0.39 is 10.0 Å². The van der Waals surface area contributed by atoms with Crippen LogP contribution in [0.4, 0.5) is 0 Å². The van der Waals surface area contributed by atoms with Crippen LogP contribution in [0.3, 0.4) is 0 Å². The number of methoxy groups -OCH3 is 1. The predicted molar refractivity (Wildman–Crippen MR) is 89.2 cm³/mol. The number of ether oxygens (including phenoxy) is 1. The van der Waals surface area contributed by atoms with Gasteiger partial charge >= 0.3 is 0 Å². The summed E-state index contributed by atoms with van der Waals surface area (Å²) in [6.07, 6.45) is 6.09. The Kier molecular flexibility index (Phi) is 4.39. The van der Waals surface area contributed by atoms with E-state index in [4.69, 9.17) is 4.74 Å². The molecule has 2 aromatic heterocycles. The summed E-state index contributed by atoms with van der Waals surface area (Å²) in [6, 6.07) is 9.34. The van der Waals surface area contributed by atoms with Gasteiger partial charge in [-0.2, -0.15) is 14.3 Å². The molecule has 1 radical (unpaired) electrons. The second-order valence-corrected chi connectivity index (χ2v) is 7.29. The molecule has 0 saturated heterocycles. The Labute approximate surface area is 140 Å². The first-order valence-electron chi connectivity index (χ1n) is 7.39. The van der Waals surface area contributed by atoms with Gasteiger partial charge in [-0.3, -0.25) is 4.68 Å². The standard InChI is InChI=1S/C16H17N4O3S/c1-3-24(21,22)20-9-8-16(18-20)14-10-17-19(12-14)11-13-4-6-15(23-2)7-5-13/h4-9,12H,3,11H2,1-2H3. The molecule has 0 aliphatic rings. The smallest absolute Gasteiger partial charge is 0.253 e. The Morgan fingerprint density at radius 1 is 1.21 bits per heavy atom. The van der Waals surface area contributed by atoms with Crippen molar-refractivity contribution in [2.24, 2.45) is 0 Å². The average Bonchev–Trinajstić information content (AvgIpc) is 3.25. The number of rotatable bonds is 6. The molecule has 8 heteroatoms. The molecule has 3 rings (SSSR count). The number of hydrogen-bond donors (Lipinski definition) is 0. The molecule has 0 aliphatic heterocycles. The van der Waals surface area contributed by atoms with Crippen LogP contribution in [-0.4, -0.2) is 40.2 Å². The maximum absolute atomic E-state index is 11.8. The van der Waals surface area contributed by atoms with Gasteiger partial charge in [-0.05, 0) is 30.7 Å². The maximum atomic E-state index is 11.8. The van der Waals surface area contributed by atoms with Gasteiger partial charge in [-0.15, -0.1) is 0 Å². The molecule has 3 aromatic rings. The van der Waals surface area contributed by atoms with Crippen molar-refractivity contribution < 1.29 is 13.2 Å². The number of aromatic nitrogens is 4. The van der Waals surface area contributed by atoms with Crippen LogP contribution in [-0.2, 0) is 16.6 Å². The van der Waals surface area contributed by atoms with Gasteiger partial charge in [0.25, 0.3) is 10.0 Å². The fourth-order valence-electron chi connectivity index (χ4n) is 2.19. The molecule has 0 saturated carbocycles. The molecule has 1 aromatic carbocycles. The lowest BCUT2D eigenvalue weighted by atomic mass is 10.2. The summed E-state index contributed by atoms with van der Waals surface area (Å²) in [5.41, 5.74) is 2.24. The zero-order valence-corrected chi connectivity index (χ0v) is 14.2. The van der Waals surface area contributed by atoms with Gasteiger partial charge in [0.2, 0.25) is 0 Å². The second kappa shape index (κ2) is 6.48. The molecule has 2 heterocycles. The molecule has 125 valence electrons. The van der Waals surface area contributed by atoms with Gasteiger partial charge in [0.1, 0.15) is 11.9 Å². The lowest BCUT2D eigenvalue weighted by Crippen LogP contribution is -2.15. The normalized spacial score (nSPS) is 11.6. The Morgan fingerprint density at radius 2 is 1.96 bits per heavy atom. The highest BCUT2D eigenvalue weighted by Crippen LogP contribution is 2.17. The van der Waals surface area contributed by atoms with Crippen molar-refractivity contribution in [2.45, 2.75) is 13.5 Å². The average molecular weight is 345 g/mol. The van der Waals surface area contributed by atoms with Crippen molar-refractivity contribution in [3.05, 3.63) is 54.5 Å². The minimum atomic E-state index is -3.38. The van der Waals surface area contributed by atoms with Gasteiger partial charge in [-0.1, -0.05) is 12.1 Å².